The Bertz CT molecular complexity index is 305. The summed E-state index contributed by atoms with van der Waals surface area (Å²) < 4.78 is 5.53. The Hall–Kier alpha value is -1.02. The number of rotatable bonds is 5. The highest BCUT2D eigenvalue weighted by molar-refractivity contribution is 5.35. The Labute approximate surface area is 91.9 Å². The van der Waals surface area contributed by atoms with Gasteiger partial charge < -0.3 is 9.84 Å². The van der Waals surface area contributed by atoms with Crippen molar-refractivity contribution < 1.29 is 9.84 Å². The molecule has 1 rings (SSSR count). The highest BCUT2D eigenvalue weighted by Gasteiger charge is 2.03. The molecule has 0 saturated carbocycles. The van der Waals surface area contributed by atoms with Gasteiger partial charge in [-0.05, 0) is 49.9 Å². The lowest BCUT2D eigenvalue weighted by Crippen LogP contribution is -2.06. The van der Waals surface area contributed by atoms with Gasteiger partial charge in [-0.25, -0.2) is 0 Å². The third-order valence-corrected chi connectivity index (χ3v) is 2.30. The minimum Gasteiger partial charge on any atom is -0.494 e. The van der Waals surface area contributed by atoms with Gasteiger partial charge in [0.05, 0.1) is 12.7 Å². The van der Waals surface area contributed by atoms with Gasteiger partial charge in [0.25, 0.3) is 0 Å². The lowest BCUT2D eigenvalue weighted by Gasteiger charge is -2.10. The lowest BCUT2D eigenvalue weighted by atomic mass is 10.0. The number of benzene rings is 1. The van der Waals surface area contributed by atoms with Gasteiger partial charge in [-0.3, -0.25) is 0 Å². The summed E-state index contributed by atoms with van der Waals surface area (Å²) in [4.78, 5) is 0. The van der Waals surface area contributed by atoms with Gasteiger partial charge in [0.1, 0.15) is 5.75 Å². The van der Waals surface area contributed by atoms with Gasteiger partial charge in [0.2, 0.25) is 0 Å². The van der Waals surface area contributed by atoms with Crippen molar-refractivity contribution in [2.24, 2.45) is 0 Å². The van der Waals surface area contributed by atoms with Gasteiger partial charge in [-0.15, -0.1) is 0 Å². The molecule has 0 aliphatic rings. The zero-order chi connectivity index (χ0) is 11.3. The Morgan fingerprint density at radius 1 is 1.40 bits per heavy atom. The van der Waals surface area contributed by atoms with Gasteiger partial charge in [0.15, 0.2) is 0 Å². The smallest absolute Gasteiger partial charge is 0.119 e. The lowest BCUT2D eigenvalue weighted by molar-refractivity contribution is 0.195. The van der Waals surface area contributed by atoms with E-state index >= 15 is 0 Å². The summed E-state index contributed by atoms with van der Waals surface area (Å²) in [7, 11) is 0. The zero-order valence-corrected chi connectivity index (χ0v) is 9.79. The number of aryl methyl sites for hydroxylation is 1. The van der Waals surface area contributed by atoms with Crippen LogP contribution in [-0.2, 0) is 6.42 Å². The highest BCUT2D eigenvalue weighted by Crippen LogP contribution is 2.18. The molecular weight excluding hydrogens is 188 g/mol. The van der Waals surface area contributed by atoms with Crippen molar-refractivity contribution in [3.05, 3.63) is 29.3 Å². The first-order chi connectivity index (χ1) is 7.13. The first-order valence-corrected chi connectivity index (χ1v) is 5.54. The quantitative estimate of drug-likeness (QED) is 0.806. The summed E-state index contributed by atoms with van der Waals surface area (Å²) >= 11 is 0. The van der Waals surface area contributed by atoms with E-state index < -0.39 is 0 Å². The average molecular weight is 208 g/mol. The number of ether oxygens (including phenoxy) is 1. The third-order valence-electron chi connectivity index (χ3n) is 2.30. The van der Waals surface area contributed by atoms with E-state index in [-0.39, 0.29) is 6.10 Å². The summed E-state index contributed by atoms with van der Waals surface area (Å²) in [6.07, 6.45) is 1.44. The topological polar surface area (TPSA) is 29.5 Å². The minimum absolute atomic E-state index is 0.286. The number of hydrogen-bond donors (Lipinski definition) is 1. The molecule has 1 unspecified atom stereocenters. The van der Waals surface area contributed by atoms with Crippen molar-refractivity contribution in [1.29, 1.82) is 0 Å². The molecule has 0 aromatic heterocycles. The molecule has 0 fully saturated rings. The Morgan fingerprint density at radius 3 is 2.67 bits per heavy atom. The van der Waals surface area contributed by atoms with Crippen molar-refractivity contribution in [2.45, 2.75) is 39.7 Å². The summed E-state index contributed by atoms with van der Waals surface area (Å²) in [5.74, 6) is 0.920. The summed E-state index contributed by atoms with van der Waals surface area (Å²) in [6, 6.07) is 6.04. The number of aliphatic hydroxyl groups is 1. The molecule has 15 heavy (non-hydrogen) atoms. The molecule has 0 aliphatic carbocycles. The van der Waals surface area contributed by atoms with E-state index in [9.17, 15) is 5.11 Å². The average Bonchev–Trinajstić information content (AvgIpc) is 2.18. The minimum atomic E-state index is -0.286. The standard InChI is InChI=1S/C13H20O2/c1-4-7-15-13-6-5-12(9-11(3)14)10(2)8-13/h5-6,8,11,14H,4,7,9H2,1-3H3. The molecule has 0 bridgehead atoms. The Morgan fingerprint density at radius 2 is 2.13 bits per heavy atom. The van der Waals surface area contributed by atoms with Crippen LogP contribution in [0, 0.1) is 6.92 Å². The van der Waals surface area contributed by atoms with Crippen molar-refractivity contribution >= 4 is 0 Å². The molecule has 1 N–H and O–H groups in total. The second-order valence-corrected chi connectivity index (χ2v) is 3.99. The fourth-order valence-corrected chi connectivity index (χ4v) is 1.53. The van der Waals surface area contributed by atoms with E-state index in [1.165, 1.54) is 11.1 Å². The van der Waals surface area contributed by atoms with Crippen molar-refractivity contribution in [2.75, 3.05) is 6.61 Å². The third kappa shape index (κ3) is 3.92. The predicted molar refractivity (Wildman–Crippen MR) is 62.3 cm³/mol. The molecule has 0 aliphatic heterocycles. The summed E-state index contributed by atoms with van der Waals surface area (Å²) in [5.41, 5.74) is 2.37. The van der Waals surface area contributed by atoms with E-state index in [4.69, 9.17) is 4.74 Å². The molecule has 1 aromatic carbocycles. The zero-order valence-electron chi connectivity index (χ0n) is 9.79. The SMILES string of the molecule is CCCOc1ccc(CC(C)O)c(C)c1. The van der Waals surface area contributed by atoms with Gasteiger partial charge >= 0.3 is 0 Å². The number of aliphatic hydroxyl groups excluding tert-OH is 1. The van der Waals surface area contributed by atoms with Crippen LogP contribution < -0.4 is 4.74 Å². The monoisotopic (exact) mass is 208 g/mol. The molecule has 2 heteroatoms. The Kier molecular flexibility index (Phi) is 4.63. The van der Waals surface area contributed by atoms with Crippen molar-refractivity contribution in [3.63, 3.8) is 0 Å². The predicted octanol–water partition coefficient (Wildman–Crippen LogP) is 2.71. The van der Waals surface area contributed by atoms with E-state index in [0.29, 0.717) is 6.42 Å². The van der Waals surface area contributed by atoms with E-state index in [0.717, 1.165) is 18.8 Å². The molecule has 1 aromatic rings. The molecule has 84 valence electrons. The summed E-state index contributed by atoms with van der Waals surface area (Å²) in [6.45, 7) is 6.71. The van der Waals surface area contributed by atoms with Crippen molar-refractivity contribution in [1.82, 2.24) is 0 Å². The van der Waals surface area contributed by atoms with Crippen molar-refractivity contribution in [3.8, 4) is 5.75 Å². The maximum absolute atomic E-state index is 9.31. The van der Waals surface area contributed by atoms with Gasteiger partial charge in [-0.2, -0.15) is 0 Å². The van der Waals surface area contributed by atoms with Crippen LogP contribution >= 0.6 is 0 Å². The molecule has 0 radical (unpaired) electrons. The molecule has 0 heterocycles. The first kappa shape index (κ1) is 12.1. The molecular formula is C13H20O2. The fourth-order valence-electron chi connectivity index (χ4n) is 1.53. The summed E-state index contributed by atoms with van der Waals surface area (Å²) in [5, 5.41) is 9.31. The van der Waals surface area contributed by atoms with Crippen LogP contribution in [0.15, 0.2) is 18.2 Å². The second kappa shape index (κ2) is 5.76. The molecule has 0 spiro atoms. The van der Waals surface area contributed by atoms with Crippen LogP contribution in [0.25, 0.3) is 0 Å². The van der Waals surface area contributed by atoms with E-state index in [1.54, 1.807) is 6.92 Å². The second-order valence-electron chi connectivity index (χ2n) is 3.99. The van der Waals surface area contributed by atoms with Crippen LogP contribution in [0.5, 0.6) is 5.75 Å². The maximum Gasteiger partial charge on any atom is 0.119 e. The van der Waals surface area contributed by atoms with Crippen LogP contribution in [0.3, 0.4) is 0 Å². The van der Waals surface area contributed by atoms with E-state index in [2.05, 4.69) is 13.8 Å². The fraction of sp³-hybridized carbons (Fsp3) is 0.538. The molecule has 1 atom stereocenters. The molecule has 0 saturated heterocycles. The maximum atomic E-state index is 9.31. The largest absolute Gasteiger partial charge is 0.494 e. The van der Waals surface area contributed by atoms with Gasteiger partial charge in [-0.1, -0.05) is 13.0 Å². The van der Waals surface area contributed by atoms with Crippen LogP contribution in [0.2, 0.25) is 0 Å². The highest BCUT2D eigenvalue weighted by atomic mass is 16.5. The van der Waals surface area contributed by atoms with Crippen LogP contribution in [0.1, 0.15) is 31.4 Å². The van der Waals surface area contributed by atoms with E-state index in [1.807, 2.05) is 18.2 Å². The van der Waals surface area contributed by atoms with Crippen LogP contribution in [-0.4, -0.2) is 17.8 Å². The van der Waals surface area contributed by atoms with Gasteiger partial charge in [0, 0.05) is 0 Å². The molecule has 0 amide bonds. The normalized spacial score (nSPS) is 12.5. The first-order valence-electron chi connectivity index (χ1n) is 5.54. The van der Waals surface area contributed by atoms with Crippen LogP contribution in [0.4, 0.5) is 0 Å². The number of hydrogen-bond acceptors (Lipinski definition) is 2. The molecule has 2 nitrogen and oxygen atoms in total. The Balaban J connectivity index is 2.70.